The van der Waals surface area contributed by atoms with Crippen LogP contribution in [0, 0.1) is 12.3 Å². The SMILES string of the molecule is Cc1cc(CNC(=O)C2(C(N)=S)CCOCC2)no1. The molecular formula is C12H17N3O3S. The zero-order valence-corrected chi connectivity index (χ0v) is 11.6. The standard InChI is InChI=1S/C12H17N3O3S/c1-8-6-9(15-18-8)7-14-11(16)12(10(13)19)2-4-17-5-3-12/h6H,2-5,7H2,1H3,(H2,13,19)(H,14,16). The second-order valence-corrected chi connectivity index (χ2v) is 5.11. The van der Waals surface area contributed by atoms with E-state index in [1.807, 2.05) is 0 Å². The number of carbonyl (C=O) groups is 1. The fourth-order valence-corrected chi connectivity index (χ4v) is 2.44. The third-order valence-corrected chi connectivity index (χ3v) is 3.75. The molecule has 1 amide bonds. The summed E-state index contributed by atoms with van der Waals surface area (Å²) in [7, 11) is 0. The van der Waals surface area contributed by atoms with Gasteiger partial charge in [-0.1, -0.05) is 17.4 Å². The molecule has 0 aliphatic carbocycles. The molecule has 0 aromatic carbocycles. The fraction of sp³-hybridized carbons (Fsp3) is 0.583. The van der Waals surface area contributed by atoms with E-state index in [1.54, 1.807) is 13.0 Å². The molecule has 1 aromatic heterocycles. The Labute approximate surface area is 116 Å². The zero-order valence-electron chi connectivity index (χ0n) is 10.8. The Kier molecular flexibility index (Phi) is 4.16. The van der Waals surface area contributed by atoms with Crippen LogP contribution in [0.25, 0.3) is 0 Å². The number of carbonyl (C=O) groups excluding carboxylic acids is 1. The first-order valence-electron chi connectivity index (χ1n) is 6.13. The van der Waals surface area contributed by atoms with Crippen LogP contribution in [0.3, 0.4) is 0 Å². The summed E-state index contributed by atoms with van der Waals surface area (Å²) < 4.78 is 10.2. The minimum Gasteiger partial charge on any atom is -0.392 e. The minimum absolute atomic E-state index is 0.163. The number of aryl methyl sites for hydroxylation is 1. The number of aromatic nitrogens is 1. The molecule has 1 aromatic rings. The quantitative estimate of drug-likeness (QED) is 0.790. The van der Waals surface area contributed by atoms with Crippen LogP contribution in [-0.4, -0.2) is 29.3 Å². The van der Waals surface area contributed by atoms with Gasteiger partial charge in [-0.05, 0) is 19.8 Å². The summed E-state index contributed by atoms with van der Waals surface area (Å²) in [5.74, 6) is 0.545. The van der Waals surface area contributed by atoms with Gasteiger partial charge >= 0.3 is 0 Å². The molecule has 19 heavy (non-hydrogen) atoms. The Hall–Kier alpha value is -1.47. The minimum atomic E-state index is -0.799. The van der Waals surface area contributed by atoms with Gasteiger partial charge in [0.2, 0.25) is 5.91 Å². The molecule has 0 unspecified atom stereocenters. The van der Waals surface area contributed by atoms with Crippen molar-refractivity contribution in [2.45, 2.75) is 26.3 Å². The lowest BCUT2D eigenvalue weighted by atomic mass is 9.79. The molecule has 1 aliphatic rings. The summed E-state index contributed by atoms with van der Waals surface area (Å²) in [6.07, 6.45) is 1.04. The van der Waals surface area contributed by atoms with Gasteiger partial charge in [-0.2, -0.15) is 0 Å². The number of ether oxygens (including phenoxy) is 1. The highest BCUT2D eigenvalue weighted by molar-refractivity contribution is 7.80. The average molecular weight is 283 g/mol. The first-order valence-corrected chi connectivity index (χ1v) is 6.53. The van der Waals surface area contributed by atoms with E-state index in [0.717, 1.165) is 0 Å². The van der Waals surface area contributed by atoms with Crippen LogP contribution >= 0.6 is 12.2 Å². The lowest BCUT2D eigenvalue weighted by molar-refractivity contribution is -0.131. The van der Waals surface area contributed by atoms with Gasteiger partial charge in [0, 0.05) is 19.3 Å². The Bertz CT molecular complexity index is 480. The van der Waals surface area contributed by atoms with Gasteiger partial charge in [0.1, 0.15) is 16.9 Å². The molecule has 1 fully saturated rings. The first-order chi connectivity index (χ1) is 9.04. The smallest absolute Gasteiger partial charge is 0.233 e. The molecule has 6 nitrogen and oxygen atoms in total. The lowest BCUT2D eigenvalue weighted by Crippen LogP contribution is -2.51. The number of nitrogens with zero attached hydrogens (tertiary/aromatic N) is 1. The van der Waals surface area contributed by atoms with E-state index in [4.69, 9.17) is 27.2 Å². The maximum Gasteiger partial charge on any atom is 0.233 e. The number of nitrogens with one attached hydrogen (secondary N) is 1. The molecule has 0 spiro atoms. The Balaban J connectivity index is 2.02. The number of hydrogen-bond donors (Lipinski definition) is 2. The molecule has 0 atom stereocenters. The van der Waals surface area contributed by atoms with Gasteiger partial charge in [0.05, 0.1) is 11.5 Å². The highest BCUT2D eigenvalue weighted by Crippen LogP contribution is 2.31. The van der Waals surface area contributed by atoms with Gasteiger partial charge in [-0.15, -0.1) is 0 Å². The van der Waals surface area contributed by atoms with Crippen LogP contribution in [0.1, 0.15) is 24.3 Å². The normalized spacial score (nSPS) is 17.9. The van der Waals surface area contributed by atoms with E-state index in [2.05, 4.69) is 10.5 Å². The highest BCUT2D eigenvalue weighted by atomic mass is 32.1. The summed E-state index contributed by atoms with van der Waals surface area (Å²) >= 11 is 5.07. The summed E-state index contributed by atoms with van der Waals surface area (Å²) in [5.41, 5.74) is 5.63. The molecule has 1 aliphatic heterocycles. The molecule has 2 rings (SSSR count). The van der Waals surface area contributed by atoms with Crippen molar-refractivity contribution in [2.24, 2.45) is 11.1 Å². The second-order valence-electron chi connectivity index (χ2n) is 4.67. The van der Waals surface area contributed by atoms with Gasteiger partial charge in [-0.3, -0.25) is 4.79 Å². The Morgan fingerprint density at radius 3 is 2.79 bits per heavy atom. The Morgan fingerprint density at radius 2 is 2.26 bits per heavy atom. The maximum absolute atomic E-state index is 12.3. The van der Waals surface area contributed by atoms with E-state index >= 15 is 0 Å². The van der Waals surface area contributed by atoms with Crippen molar-refractivity contribution in [3.8, 4) is 0 Å². The van der Waals surface area contributed by atoms with Crippen molar-refractivity contribution < 1.29 is 14.1 Å². The molecule has 3 N–H and O–H groups in total. The van der Waals surface area contributed by atoms with Crippen molar-refractivity contribution in [1.82, 2.24) is 10.5 Å². The molecule has 0 bridgehead atoms. The van der Waals surface area contributed by atoms with Crippen LogP contribution in [0.2, 0.25) is 0 Å². The summed E-state index contributed by atoms with van der Waals surface area (Å²) in [6, 6.07) is 1.78. The topological polar surface area (TPSA) is 90.4 Å². The van der Waals surface area contributed by atoms with Crippen molar-refractivity contribution in [2.75, 3.05) is 13.2 Å². The van der Waals surface area contributed by atoms with Gasteiger partial charge < -0.3 is 20.3 Å². The van der Waals surface area contributed by atoms with Gasteiger partial charge in [0.25, 0.3) is 0 Å². The van der Waals surface area contributed by atoms with Crippen LogP contribution < -0.4 is 11.1 Å². The van der Waals surface area contributed by atoms with E-state index in [1.165, 1.54) is 0 Å². The van der Waals surface area contributed by atoms with Crippen LogP contribution in [0.15, 0.2) is 10.6 Å². The number of thiocarbonyl (C=S) groups is 1. The zero-order chi connectivity index (χ0) is 13.9. The van der Waals surface area contributed by atoms with Crippen molar-refractivity contribution in [3.05, 3.63) is 17.5 Å². The van der Waals surface area contributed by atoms with E-state index in [9.17, 15) is 4.79 Å². The molecule has 2 heterocycles. The van der Waals surface area contributed by atoms with Crippen LogP contribution in [0.5, 0.6) is 0 Å². The largest absolute Gasteiger partial charge is 0.392 e. The number of hydrogen-bond acceptors (Lipinski definition) is 5. The third-order valence-electron chi connectivity index (χ3n) is 3.36. The Morgan fingerprint density at radius 1 is 1.58 bits per heavy atom. The third kappa shape index (κ3) is 2.93. The first kappa shape index (κ1) is 14.0. The number of rotatable bonds is 4. The van der Waals surface area contributed by atoms with Crippen molar-refractivity contribution >= 4 is 23.1 Å². The molecule has 104 valence electrons. The van der Waals surface area contributed by atoms with Crippen LogP contribution in [-0.2, 0) is 16.1 Å². The molecule has 0 saturated carbocycles. The molecule has 1 saturated heterocycles. The van der Waals surface area contributed by atoms with Crippen molar-refractivity contribution in [3.63, 3.8) is 0 Å². The highest BCUT2D eigenvalue weighted by Gasteiger charge is 2.42. The van der Waals surface area contributed by atoms with Crippen LogP contribution in [0.4, 0.5) is 0 Å². The number of nitrogens with two attached hydrogens (primary N) is 1. The van der Waals surface area contributed by atoms with E-state index < -0.39 is 5.41 Å². The van der Waals surface area contributed by atoms with E-state index in [-0.39, 0.29) is 10.9 Å². The summed E-state index contributed by atoms with van der Waals surface area (Å²) in [5, 5.41) is 6.64. The fourth-order valence-electron chi connectivity index (χ4n) is 2.15. The van der Waals surface area contributed by atoms with Gasteiger partial charge in [-0.25, -0.2) is 0 Å². The lowest BCUT2D eigenvalue weighted by Gasteiger charge is -2.34. The molecule has 0 radical (unpaired) electrons. The predicted molar refractivity (Wildman–Crippen MR) is 72.4 cm³/mol. The maximum atomic E-state index is 12.3. The predicted octanol–water partition coefficient (Wildman–Crippen LogP) is 0.682. The van der Waals surface area contributed by atoms with Crippen molar-refractivity contribution in [1.29, 1.82) is 0 Å². The van der Waals surface area contributed by atoms with E-state index in [0.29, 0.717) is 44.1 Å². The monoisotopic (exact) mass is 283 g/mol. The molecule has 7 heteroatoms. The summed E-state index contributed by atoms with van der Waals surface area (Å²) in [6.45, 7) is 3.09. The summed E-state index contributed by atoms with van der Waals surface area (Å²) in [4.78, 5) is 12.6. The molecular weight excluding hydrogens is 266 g/mol. The second kappa shape index (κ2) is 5.66. The van der Waals surface area contributed by atoms with Gasteiger partial charge in [0.15, 0.2) is 0 Å². The number of amides is 1. The average Bonchev–Trinajstić information content (AvgIpc) is 2.82.